The lowest BCUT2D eigenvalue weighted by Gasteiger charge is -2.23. The van der Waals surface area contributed by atoms with Crippen LogP contribution >= 0.6 is 0 Å². The summed E-state index contributed by atoms with van der Waals surface area (Å²) in [5.74, 6) is 0.139. The Labute approximate surface area is 157 Å². The highest BCUT2D eigenvalue weighted by Gasteiger charge is 2.22. The summed E-state index contributed by atoms with van der Waals surface area (Å²) >= 11 is 0. The van der Waals surface area contributed by atoms with Gasteiger partial charge in [-0.15, -0.1) is 0 Å². The lowest BCUT2D eigenvalue weighted by atomic mass is 9.86. The molecule has 0 spiro atoms. The van der Waals surface area contributed by atoms with Crippen LogP contribution in [-0.4, -0.2) is 54.0 Å². The number of hydrogen-bond donors (Lipinski definition) is 1. The van der Waals surface area contributed by atoms with E-state index in [1.807, 2.05) is 23.6 Å². The van der Waals surface area contributed by atoms with E-state index in [0.29, 0.717) is 32.6 Å². The highest BCUT2D eigenvalue weighted by Crippen LogP contribution is 2.22. The second kappa shape index (κ2) is 8.56. The zero-order chi connectivity index (χ0) is 19.3. The van der Waals surface area contributed by atoms with E-state index >= 15 is 0 Å². The zero-order valence-electron chi connectivity index (χ0n) is 16.8. The van der Waals surface area contributed by atoms with Crippen LogP contribution in [0, 0.1) is 0 Å². The van der Waals surface area contributed by atoms with Gasteiger partial charge in [0.2, 0.25) is 5.91 Å². The number of nitrogens with one attached hydrogen (secondary N) is 1. The van der Waals surface area contributed by atoms with E-state index in [1.165, 1.54) is 5.56 Å². The molecule has 1 N–H and O–H groups in total. The van der Waals surface area contributed by atoms with Crippen LogP contribution in [0.1, 0.15) is 52.2 Å². The predicted molar refractivity (Wildman–Crippen MR) is 105 cm³/mol. The normalized spacial score (nSPS) is 15.8. The fourth-order valence-corrected chi connectivity index (χ4v) is 3.12. The van der Waals surface area contributed by atoms with Gasteiger partial charge in [0.05, 0.1) is 6.42 Å². The Morgan fingerprint density at radius 2 is 1.58 bits per heavy atom. The molecule has 1 aromatic rings. The van der Waals surface area contributed by atoms with Crippen LogP contribution in [0.3, 0.4) is 0 Å². The smallest absolute Gasteiger partial charge is 0.317 e. The number of benzene rings is 1. The van der Waals surface area contributed by atoms with Crippen molar-refractivity contribution in [1.82, 2.24) is 15.1 Å². The molecular formula is C21H33N3O2. The van der Waals surface area contributed by atoms with Crippen LogP contribution in [0.25, 0.3) is 0 Å². The first-order valence-electron chi connectivity index (χ1n) is 9.59. The van der Waals surface area contributed by atoms with E-state index in [0.717, 1.165) is 12.0 Å². The van der Waals surface area contributed by atoms with Gasteiger partial charge in [0.15, 0.2) is 0 Å². The Morgan fingerprint density at radius 3 is 2.15 bits per heavy atom. The van der Waals surface area contributed by atoms with E-state index in [4.69, 9.17) is 0 Å². The lowest BCUT2D eigenvalue weighted by Crippen LogP contribution is -2.45. The molecule has 26 heavy (non-hydrogen) atoms. The first kappa shape index (κ1) is 20.3. The van der Waals surface area contributed by atoms with Crippen molar-refractivity contribution in [3.63, 3.8) is 0 Å². The van der Waals surface area contributed by atoms with Crippen molar-refractivity contribution in [2.24, 2.45) is 0 Å². The van der Waals surface area contributed by atoms with Crippen LogP contribution in [0.15, 0.2) is 24.3 Å². The number of nitrogens with zero attached hydrogens (tertiary/aromatic N) is 2. The van der Waals surface area contributed by atoms with Crippen LogP contribution in [-0.2, 0) is 16.6 Å². The number of hydrogen-bond acceptors (Lipinski definition) is 2. The average molecular weight is 360 g/mol. The summed E-state index contributed by atoms with van der Waals surface area (Å²) in [5, 5.41) is 2.93. The molecular weight excluding hydrogens is 326 g/mol. The number of urea groups is 1. The van der Waals surface area contributed by atoms with E-state index in [2.05, 4.69) is 50.4 Å². The maximum atomic E-state index is 12.7. The van der Waals surface area contributed by atoms with Crippen molar-refractivity contribution < 1.29 is 9.59 Å². The van der Waals surface area contributed by atoms with Crippen molar-refractivity contribution >= 4 is 11.9 Å². The summed E-state index contributed by atoms with van der Waals surface area (Å²) in [6, 6.07) is 8.43. The Bertz CT molecular complexity index is 617. The van der Waals surface area contributed by atoms with Gasteiger partial charge in [-0.2, -0.15) is 0 Å². The molecule has 1 aliphatic rings. The van der Waals surface area contributed by atoms with Gasteiger partial charge >= 0.3 is 6.03 Å². The molecule has 5 heteroatoms. The number of carbonyl (C=O) groups is 2. The Kier molecular flexibility index (Phi) is 6.68. The molecule has 1 heterocycles. The van der Waals surface area contributed by atoms with Crippen LogP contribution in [0.2, 0.25) is 0 Å². The van der Waals surface area contributed by atoms with Crippen molar-refractivity contribution in [3.8, 4) is 0 Å². The summed E-state index contributed by atoms with van der Waals surface area (Å²) in [5.41, 5.74) is 2.44. The summed E-state index contributed by atoms with van der Waals surface area (Å²) in [6.45, 7) is 13.1. The van der Waals surface area contributed by atoms with E-state index in [-0.39, 0.29) is 23.4 Å². The van der Waals surface area contributed by atoms with Gasteiger partial charge in [-0.25, -0.2) is 4.79 Å². The maximum absolute atomic E-state index is 12.7. The van der Waals surface area contributed by atoms with Crippen LogP contribution < -0.4 is 5.32 Å². The van der Waals surface area contributed by atoms with Gasteiger partial charge < -0.3 is 15.1 Å². The third kappa shape index (κ3) is 5.75. The summed E-state index contributed by atoms with van der Waals surface area (Å²) in [4.78, 5) is 28.5. The lowest BCUT2D eigenvalue weighted by molar-refractivity contribution is -0.130. The Morgan fingerprint density at radius 1 is 1.00 bits per heavy atom. The molecule has 3 amide bonds. The monoisotopic (exact) mass is 359 g/mol. The molecule has 0 aromatic heterocycles. The van der Waals surface area contributed by atoms with Gasteiger partial charge in [0.25, 0.3) is 0 Å². The molecule has 5 nitrogen and oxygen atoms in total. The molecule has 0 atom stereocenters. The Hall–Kier alpha value is -2.04. The second-order valence-corrected chi connectivity index (χ2v) is 8.45. The molecule has 144 valence electrons. The quantitative estimate of drug-likeness (QED) is 0.901. The molecule has 0 aliphatic carbocycles. The fourth-order valence-electron chi connectivity index (χ4n) is 3.12. The molecule has 0 radical (unpaired) electrons. The second-order valence-electron chi connectivity index (χ2n) is 8.45. The number of amides is 3. The topological polar surface area (TPSA) is 52.7 Å². The van der Waals surface area contributed by atoms with Crippen molar-refractivity contribution in [3.05, 3.63) is 35.4 Å². The molecule has 0 saturated carbocycles. The van der Waals surface area contributed by atoms with Gasteiger partial charge in [0.1, 0.15) is 0 Å². The third-order valence-corrected chi connectivity index (χ3v) is 4.72. The van der Waals surface area contributed by atoms with Gasteiger partial charge in [-0.05, 0) is 36.8 Å². The minimum Gasteiger partial charge on any atom is -0.341 e. The van der Waals surface area contributed by atoms with Gasteiger partial charge in [-0.3, -0.25) is 4.79 Å². The molecule has 0 unspecified atom stereocenters. The average Bonchev–Trinajstić information content (AvgIpc) is 2.80. The van der Waals surface area contributed by atoms with E-state index in [9.17, 15) is 9.59 Å². The SMILES string of the molecule is CC(C)NC(=O)N1CCCN(C(=O)Cc2ccc(C(C)(C)C)cc2)CC1. The first-order chi connectivity index (χ1) is 12.2. The standard InChI is InChI=1S/C21H33N3O2/c1-16(2)22-20(26)24-12-6-11-23(13-14-24)19(25)15-17-7-9-18(10-8-17)21(3,4)5/h7-10,16H,6,11-15H2,1-5H3,(H,22,26). The number of carbonyl (C=O) groups excluding carboxylic acids is 2. The maximum Gasteiger partial charge on any atom is 0.317 e. The predicted octanol–water partition coefficient (Wildman–Crippen LogP) is 3.18. The molecule has 2 rings (SSSR count). The molecule has 0 bridgehead atoms. The summed E-state index contributed by atoms with van der Waals surface area (Å²) < 4.78 is 0. The Balaban J connectivity index is 1.91. The number of rotatable bonds is 3. The highest BCUT2D eigenvalue weighted by atomic mass is 16.2. The van der Waals surface area contributed by atoms with Crippen molar-refractivity contribution in [2.45, 2.75) is 58.9 Å². The first-order valence-corrected chi connectivity index (χ1v) is 9.59. The minimum atomic E-state index is -0.0351. The van der Waals surface area contributed by atoms with Gasteiger partial charge in [-0.1, -0.05) is 45.0 Å². The zero-order valence-corrected chi connectivity index (χ0v) is 16.8. The van der Waals surface area contributed by atoms with Crippen molar-refractivity contribution in [1.29, 1.82) is 0 Å². The van der Waals surface area contributed by atoms with E-state index in [1.54, 1.807) is 0 Å². The van der Waals surface area contributed by atoms with E-state index < -0.39 is 0 Å². The minimum absolute atomic E-state index is 0.0351. The third-order valence-electron chi connectivity index (χ3n) is 4.72. The molecule has 1 fully saturated rings. The van der Waals surface area contributed by atoms with Crippen LogP contribution in [0.4, 0.5) is 4.79 Å². The largest absolute Gasteiger partial charge is 0.341 e. The molecule has 1 saturated heterocycles. The summed E-state index contributed by atoms with van der Waals surface area (Å²) in [7, 11) is 0. The molecule has 1 aromatic carbocycles. The fraction of sp³-hybridized carbons (Fsp3) is 0.619. The summed E-state index contributed by atoms with van der Waals surface area (Å²) in [6.07, 6.45) is 1.24. The van der Waals surface area contributed by atoms with Crippen LogP contribution in [0.5, 0.6) is 0 Å². The van der Waals surface area contributed by atoms with Crippen molar-refractivity contribution in [2.75, 3.05) is 26.2 Å². The molecule has 1 aliphatic heterocycles. The van der Waals surface area contributed by atoms with Gasteiger partial charge in [0, 0.05) is 32.2 Å². The highest BCUT2D eigenvalue weighted by molar-refractivity contribution is 5.79.